The van der Waals surface area contributed by atoms with Crippen molar-refractivity contribution in [3.05, 3.63) is 78.1 Å². The van der Waals surface area contributed by atoms with Gasteiger partial charge in [-0.05, 0) is 35.7 Å². The first-order chi connectivity index (χ1) is 9.31. The summed E-state index contributed by atoms with van der Waals surface area (Å²) in [6.07, 6.45) is 4.17. The normalized spacial score (nSPS) is 9.95. The van der Waals surface area contributed by atoms with Crippen LogP contribution in [-0.2, 0) is 7.05 Å². The van der Waals surface area contributed by atoms with Gasteiger partial charge in [0, 0.05) is 22.6 Å². The summed E-state index contributed by atoms with van der Waals surface area (Å²) >= 11 is 0. The van der Waals surface area contributed by atoms with Crippen molar-refractivity contribution >= 4 is 10.8 Å². The zero-order chi connectivity index (χ0) is 13.1. The lowest BCUT2D eigenvalue weighted by molar-refractivity contribution is -0.670. The lowest BCUT2D eigenvalue weighted by atomic mass is 10.1. The average molecular weight is 244 g/mol. The van der Waals surface area contributed by atoms with Crippen LogP contribution >= 0.6 is 0 Å². The Labute approximate surface area is 113 Å². The molecule has 0 unspecified atom stereocenters. The van der Waals surface area contributed by atoms with E-state index in [1.807, 2.05) is 37.4 Å². The van der Waals surface area contributed by atoms with Crippen LogP contribution in [0.2, 0.25) is 0 Å². The Bertz CT molecular complexity index is 777. The number of nitrogens with zero attached hydrogens (tertiary/aromatic N) is 1. The Hall–Kier alpha value is -2.59. The van der Waals surface area contributed by atoms with E-state index < -0.39 is 0 Å². The van der Waals surface area contributed by atoms with Gasteiger partial charge in [-0.2, -0.15) is 0 Å². The average Bonchev–Trinajstić information content (AvgIpc) is 2.46. The van der Waals surface area contributed by atoms with Crippen molar-refractivity contribution in [3.63, 3.8) is 0 Å². The summed E-state index contributed by atoms with van der Waals surface area (Å²) in [7, 11) is 2.03. The molecule has 1 aromatic heterocycles. The predicted molar refractivity (Wildman–Crippen MR) is 77.5 cm³/mol. The minimum atomic E-state index is 1.04. The molecule has 3 rings (SSSR count). The third kappa shape index (κ3) is 2.64. The van der Waals surface area contributed by atoms with Crippen molar-refractivity contribution in [1.82, 2.24) is 0 Å². The molecule has 0 atom stereocenters. The van der Waals surface area contributed by atoms with Crippen molar-refractivity contribution in [2.75, 3.05) is 0 Å². The maximum Gasteiger partial charge on any atom is 0.176 e. The maximum atomic E-state index is 3.21. The molecule has 0 amide bonds. The van der Waals surface area contributed by atoms with E-state index in [9.17, 15) is 0 Å². The van der Waals surface area contributed by atoms with Gasteiger partial charge < -0.3 is 0 Å². The van der Waals surface area contributed by atoms with Crippen molar-refractivity contribution in [2.24, 2.45) is 7.05 Å². The van der Waals surface area contributed by atoms with E-state index in [1.165, 1.54) is 10.8 Å². The molecular weight excluding hydrogens is 230 g/mol. The van der Waals surface area contributed by atoms with Crippen LogP contribution in [0.5, 0.6) is 0 Å². The number of hydrogen-bond donors (Lipinski definition) is 0. The Morgan fingerprint density at radius 1 is 0.789 bits per heavy atom. The van der Waals surface area contributed by atoms with Gasteiger partial charge in [-0.15, -0.1) is 0 Å². The van der Waals surface area contributed by atoms with Gasteiger partial charge in [-0.1, -0.05) is 30.0 Å². The SMILES string of the molecule is C[n+]1ccc2cc(C#Cc3ccccc3)ccc2c1. The molecule has 0 N–H and O–H groups in total. The Morgan fingerprint density at radius 2 is 1.58 bits per heavy atom. The number of hydrogen-bond acceptors (Lipinski definition) is 0. The zero-order valence-electron chi connectivity index (χ0n) is 10.8. The van der Waals surface area contributed by atoms with E-state index >= 15 is 0 Å². The van der Waals surface area contributed by atoms with Crippen LogP contribution in [0.15, 0.2) is 67.0 Å². The molecule has 1 heterocycles. The summed E-state index contributed by atoms with van der Waals surface area (Å²) in [4.78, 5) is 0. The lowest BCUT2D eigenvalue weighted by Crippen LogP contribution is -2.25. The van der Waals surface area contributed by atoms with E-state index in [0.717, 1.165) is 11.1 Å². The summed E-state index contributed by atoms with van der Waals surface area (Å²) in [5.74, 6) is 6.39. The van der Waals surface area contributed by atoms with Crippen LogP contribution in [0.3, 0.4) is 0 Å². The molecular formula is C18H14N+. The summed E-state index contributed by atoms with van der Waals surface area (Å²) in [5.41, 5.74) is 2.09. The van der Waals surface area contributed by atoms with Crippen molar-refractivity contribution < 1.29 is 4.57 Å². The molecule has 90 valence electrons. The first-order valence-corrected chi connectivity index (χ1v) is 6.27. The third-order valence-electron chi connectivity index (χ3n) is 3.04. The van der Waals surface area contributed by atoms with Gasteiger partial charge in [0.15, 0.2) is 12.4 Å². The largest absolute Gasteiger partial charge is 0.207 e. The van der Waals surface area contributed by atoms with Crippen LogP contribution in [0.25, 0.3) is 10.8 Å². The second-order valence-corrected chi connectivity index (χ2v) is 4.57. The van der Waals surface area contributed by atoms with Gasteiger partial charge >= 0.3 is 0 Å². The molecule has 0 saturated heterocycles. The first kappa shape index (κ1) is 11.5. The monoisotopic (exact) mass is 244 g/mol. The van der Waals surface area contributed by atoms with E-state index in [1.54, 1.807) is 0 Å². The summed E-state index contributed by atoms with van der Waals surface area (Å²) in [5, 5.41) is 2.45. The van der Waals surface area contributed by atoms with Gasteiger partial charge in [0.1, 0.15) is 7.05 Å². The topological polar surface area (TPSA) is 3.88 Å². The van der Waals surface area contributed by atoms with Gasteiger partial charge in [0.2, 0.25) is 0 Å². The molecule has 19 heavy (non-hydrogen) atoms. The van der Waals surface area contributed by atoms with E-state index in [0.29, 0.717) is 0 Å². The third-order valence-corrected chi connectivity index (χ3v) is 3.04. The van der Waals surface area contributed by atoms with Gasteiger partial charge in [-0.25, -0.2) is 4.57 Å². The summed E-state index contributed by atoms with van der Waals surface area (Å²) in [6, 6.07) is 18.5. The van der Waals surface area contributed by atoms with Gasteiger partial charge in [0.25, 0.3) is 0 Å². The molecule has 0 radical (unpaired) electrons. The predicted octanol–water partition coefficient (Wildman–Crippen LogP) is 3.06. The number of aromatic nitrogens is 1. The second kappa shape index (κ2) is 4.96. The van der Waals surface area contributed by atoms with E-state index in [-0.39, 0.29) is 0 Å². The smallest absolute Gasteiger partial charge is 0.176 e. The fraction of sp³-hybridized carbons (Fsp3) is 0.0556. The molecule has 3 aromatic rings. The standard InChI is InChI=1S/C18H14N/c1-19-12-11-17-13-16(9-10-18(17)14-19)8-7-15-5-3-2-4-6-15/h2-6,9-14H,1H3/q+1. The number of aryl methyl sites for hydroxylation is 1. The molecule has 1 nitrogen and oxygen atoms in total. The fourth-order valence-corrected chi connectivity index (χ4v) is 2.04. The first-order valence-electron chi connectivity index (χ1n) is 6.27. The Kier molecular flexibility index (Phi) is 3.00. The van der Waals surface area contributed by atoms with Crippen LogP contribution < -0.4 is 4.57 Å². The Morgan fingerprint density at radius 3 is 2.42 bits per heavy atom. The van der Waals surface area contributed by atoms with Crippen LogP contribution in [0.1, 0.15) is 11.1 Å². The molecule has 0 spiro atoms. The van der Waals surface area contributed by atoms with Crippen molar-refractivity contribution in [1.29, 1.82) is 0 Å². The fourth-order valence-electron chi connectivity index (χ4n) is 2.04. The van der Waals surface area contributed by atoms with Crippen LogP contribution in [-0.4, -0.2) is 0 Å². The highest BCUT2D eigenvalue weighted by molar-refractivity contribution is 5.82. The van der Waals surface area contributed by atoms with Gasteiger partial charge in [-0.3, -0.25) is 0 Å². The summed E-state index contributed by atoms with van der Waals surface area (Å²) in [6.45, 7) is 0. The quantitative estimate of drug-likeness (QED) is 0.423. The van der Waals surface area contributed by atoms with E-state index in [2.05, 4.69) is 53.1 Å². The maximum absolute atomic E-state index is 3.21. The summed E-state index contributed by atoms with van der Waals surface area (Å²) < 4.78 is 2.05. The molecule has 0 aliphatic carbocycles. The van der Waals surface area contributed by atoms with Crippen LogP contribution in [0.4, 0.5) is 0 Å². The second-order valence-electron chi connectivity index (χ2n) is 4.57. The molecule has 2 aromatic carbocycles. The number of benzene rings is 2. The van der Waals surface area contributed by atoms with Crippen molar-refractivity contribution in [3.8, 4) is 11.8 Å². The lowest BCUT2D eigenvalue weighted by Gasteiger charge is -1.96. The molecule has 0 fully saturated rings. The number of fused-ring (bicyclic) bond motifs is 1. The highest BCUT2D eigenvalue weighted by Gasteiger charge is 1.98. The molecule has 1 heteroatoms. The highest BCUT2D eigenvalue weighted by Crippen LogP contribution is 2.13. The minimum Gasteiger partial charge on any atom is -0.207 e. The Balaban J connectivity index is 1.99. The van der Waals surface area contributed by atoms with Crippen LogP contribution in [0, 0.1) is 11.8 Å². The van der Waals surface area contributed by atoms with Crippen molar-refractivity contribution in [2.45, 2.75) is 0 Å². The minimum absolute atomic E-state index is 1.04. The molecule has 0 bridgehead atoms. The number of rotatable bonds is 0. The molecule has 0 aliphatic rings. The zero-order valence-corrected chi connectivity index (χ0v) is 10.8. The highest BCUT2D eigenvalue weighted by atomic mass is 14.9. The number of pyridine rings is 1. The molecule has 0 saturated carbocycles. The van der Waals surface area contributed by atoms with E-state index in [4.69, 9.17) is 0 Å². The van der Waals surface area contributed by atoms with Gasteiger partial charge in [0.05, 0.1) is 0 Å². The molecule has 0 aliphatic heterocycles.